The van der Waals surface area contributed by atoms with Gasteiger partial charge in [-0.05, 0) is 73.7 Å². The molecule has 4 rings (SSSR count). The summed E-state index contributed by atoms with van der Waals surface area (Å²) in [6, 6.07) is 23.8. The molecule has 0 unspecified atom stereocenters. The molecule has 196 valence electrons. The van der Waals surface area contributed by atoms with E-state index in [9.17, 15) is 14.7 Å². The first-order chi connectivity index (χ1) is 18.2. The fourth-order valence-corrected chi connectivity index (χ4v) is 4.86. The van der Waals surface area contributed by atoms with E-state index in [1.807, 2.05) is 66.9 Å². The van der Waals surface area contributed by atoms with E-state index >= 15 is 0 Å². The Hall–Kier alpha value is -3.50. The first kappa shape index (κ1) is 27.5. The van der Waals surface area contributed by atoms with Crippen molar-refractivity contribution in [2.75, 3.05) is 0 Å². The number of hydrogen-bond acceptors (Lipinski definition) is 3. The molecule has 1 N–H and O–H groups in total. The van der Waals surface area contributed by atoms with Gasteiger partial charge in [0.05, 0.1) is 11.1 Å². The van der Waals surface area contributed by atoms with Crippen molar-refractivity contribution < 1.29 is 14.7 Å². The van der Waals surface area contributed by atoms with Gasteiger partial charge in [-0.25, -0.2) is 0 Å². The second-order valence-corrected chi connectivity index (χ2v) is 11.1. The van der Waals surface area contributed by atoms with Crippen LogP contribution in [0.2, 0.25) is 5.02 Å². The van der Waals surface area contributed by atoms with Crippen molar-refractivity contribution in [2.45, 2.75) is 58.8 Å². The fourth-order valence-electron chi connectivity index (χ4n) is 4.73. The monoisotopic (exact) mass is 527 g/mol. The number of carbonyl (C=O) groups is 2. The van der Waals surface area contributed by atoms with Gasteiger partial charge in [-0.2, -0.15) is 0 Å². The third-order valence-electron chi connectivity index (χ3n) is 7.10. The van der Waals surface area contributed by atoms with Crippen LogP contribution in [0.5, 0.6) is 0 Å². The lowest BCUT2D eigenvalue weighted by molar-refractivity contribution is -0.146. The van der Waals surface area contributed by atoms with Crippen LogP contribution in [0.3, 0.4) is 0 Å². The van der Waals surface area contributed by atoms with Crippen LogP contribution < -0.4 is 0 Å². The number of pyridine rings is 1. The van der Waals surface area contributed by atoms with Crippen LogP contribution in [0.25, 0.3) is 10.8 Å². The molecule has 4 nitrogen and oxygen atoms in total. The molecule has 0 saturated heterocycles. The van der Waals surface area contributed by atoms with Crippen molar-refractivity contribution >= 4 is 34.1 Å². The number of aliphatic carboxylic acids is 1. The van der Waals surface area contributed by atoms with Crippen LogP contribution in [0.1, 0.15) is 72.3 Å². The van der Waals surface area contributed by atoms with Gasteiger partial charge < -0.3 is 5.11 Å². The molecule has 0 fully saturated rings. The molecule has 0 aliphatic heterocycles. The summed E-state index contributed by atoms with van der Waals surface area (Å²) >= 11 is 5.94. The number of rotatable bonds is 12. The number of halogens is 1. The number of hydrogen-bond donors (Lipinski definition) is 1. The van der Waals surface area contributed by atoms with Crippen LogP contribution in [0, 0.1) is 5.41 Å². The van der Waals surface area contributed by atoms with E-state index in [1.165, 1.54) is 5.56 Å². The zero-order valence-corrected chi connectivity index (χ0v) is 22.8. The SMILES string of the molecule is CC(C)(Cc1cnc(Cc2ccc(C(=O)CCCCCc3ccc(Cl)cc3)cc2)c2ccccc12)C(=O)O. The second kappa shape index (κ2) is 12.4. The number of ketones is 1. The van der Waals surface area contributed by atoms with E-state index in [1.54, 1.807) is 13.8 Å². The molecule has 3 aromatic carbocycles. The van der Waals surface area contributed by atoms with Crippen molar-refractivity contribution in [3.63, 3.8) is 0 Å². The first-order valence-corrected chi connectivity index (χ1v) is 13.6. The molecule has 5 heteroatoms. The highest BCUT2D eigenvalue weighted by atomic mass is 35.5. The summed E-state index contributed by atoms with van der Waals surface area (Å²) < 4.78 is 0. The standard InChI is InChI=1S/C33H34ClNO3/c1-33(2,32(37)38)21-26-22-35-30(29-10-7-6-9-28(26)29)20-24-12-16-25(17-13-24)31(36)11-5-3-4-8-23-14-18-27(34)19-15-23/h6-7,9-10,12-19,22H,3-5,8,11,20-21H2,1-2H3,(H,37,38). The number of Topliss-reactive ketones (excluding diaryl/α,β-unsaturated/α-hetero) is 1. The molecule has 0 radical (unpaired) electrons. The van der Waals surface area contributed by atoms with E-state index in [-0.39, 0.29) is 5.78 Å². The molecule has 0 aliphatic carbocycles. The number of aromatic nitrogens is 1. The summed E-state index contributed by atoms with van der Waals surface area (Å²) in [4.78, 5) is 29.1. The molecule has 0 spiro atoms. The minimum atomic E-state index is -0.870. The van der Waals surface area contributed by atoms with Crippen LogP contribution in [0.15, 0.2) is 79.0 Å². The molecule has 38 heavy (non-hydrogen) atoms. The molecule has 4 aromatic rings. The van der Waals surface area contributed by atoms with Crippen molar-refractivity contribution in [2.24, 2.45) is 5.41 Å². The lowest BCUT2D eigenvalue weighted by atomic mass is 9.84. The Kier molecular flexibility index (Phi) is 8.96. The molecule has 0 saturated carbocycles. The van der Waals surface area contributed by atoms with E-state index in [4.69, 9.17) is 16.6 Å². The Morgan fingerprint density at radius 1 is 0.842 bits per heavy atom. The van der Waals surface area contributed by atoms with Gasteiger partial charge in [0.25, 0.3) is 0 Å². The van der Waals surface area contributed by atoms with E-state index in [0.717, 1.165) is 63.9 Å². The normalized spacial score (nSPS) is 11.6. The maximum atomic E-state index is 12.7. The van der Waals surface area contributed by atoms with Gasteiger partial charge in [-0.3, -0.25) is 14.6 Å². The van der Waals surface area contributed by atoms with Gasteiger partial charge in [-0.15, -0.1) is 0 Å². The average Bonchev–Trinajstić information content (AvgIpc) is 2.91. The highest BCUT2D eigenvalue weighted by Crippen LogP contribution is 2.29. The van der Waals surface area contributed by atoms with Gasteiger partial charge in [0.15, 0.2) is 5.78 Å². The summed E-state index contributed by atoms with van der Waals surface area (Å²) in [5.74, 6) is -0.643. The number of benzene rings is 3. The molecule has 0 bridgehead atoms. The number of carbonyl (C=O) groups excluding carboxylic acids is 1. The molecule has 1 aromatic heterocycles. The number of fused-ring (bicyclic) bond motifs is 1. The lowest BCUT2D eigenvalue weighted by Crippen LogP contribution is -2.26. The van der Waals surface area contributed by atoms with Crippen molar-refractivity contribution in [3.8, 4) is 0 Å². The maximum absolute atomic E-state index is 12.7. The molecule has 1 heterocycles. The predicted octanol–water partition coefficient (Wildman–Crippen LogP) is 8.12. The number of carboxylic acid groups (broad SMARTS) is 1. The van der Waals surface area contributed by atoms with Gasteiger partial charge >= 0.3 is 5.97 Å². The maximum Gasteiger partial charge on any atom is 0.309 e. The van der Waals surface area contributed by atoms with Crippen molar-refractivity contribution in [1.82, 2.24) is 4.98 Å². The third kappa shape index (κ3) is 7.08. The summed E-state index contributed by atoms with van der Waals surface area (Å²) in [5, 5.41) is 12.4. The fraction of sp³-hybridized carbons (Fsp3) is 0.303. The first-order valence-electron chi connectivity index (χ1n) is 13.2. The number of carboxylic acids is 1. The van der Waals surface area contributed by atoms with Gasteiger partial charge in [0, 0.05) is 35.0 Å². The Bertz CT molecular complexity index is 1410. The van der Waals surface area contributed by atoms with Crippen LogP contribution in [0.4, 0.5) is 0 Å². The summed E-state index contributed by atoms with van der Waals surface area (Å²) in [6.45, 7) is 3.48. The van der Waals surface area contributed by atoms with E-state index < -0.39 is 11.4 Å². The summed E-state index contributed by atoms with van der Waals surface area (Å²) in [5.41, 5.74) is 4.11. The Labute approximate surface area is 229 Å². The molecule has 0 atom stereocenters. The minimum Gasteiger partial charge on any atom is -0.481 e. The smallest absolute Gasteiger partial charge is 0.309 e. The number of unbranched alkanes of at least 4 members (excludes halogenated alkanes) is 2. The largest absolute Gasteiger partial charge is 0.481 e. The Morgan fingerprint density at radius 2 is 1.50 bits per heavy atom. The zero-order valence-electron chi connectivity index (χ0n) is 22.0. The van der Waals surface area contributed by atoms with Crippen molar-refractivity contribution in [3.05, 3.63) is 112 Å². The molecular weight excluding hydrogens is 494 g/mol. The molecule has 0 amide bonds. The molecular formula is C33H34ClNO3. The Balaban J connectivity index is 1.34. The third-order valence-corrected chi connectivity index (χ3v) is 7.35. The quantitative estimate of drug-likeness (QED) is 0.149. The Morgan fingerprint density at radius 3 is 2.18 bits per heavy atom. The van der Waals surface area contributed by atoms with Crippen molar-refractivity contribution in [1.29, 1.82) is 0 Å². The second-order valence-electron chi connectivity index (χ2n) is 10.6. The highest BCUT2D eigenvalue weighted by Gasteiger charge is 2.28. The van der Waals surface area contributed by atoms with Crippen LogP contribution >= 0.6 is 11.6 Å². The number of nitrogens with zero attached hydrogens (tertiary/aromatic N) is 1. The topological polar surface area (TPSA) is 67.3 Å². The summed E-state index contributed by atoms with van der Waals surface area (Å²) in [6.07, 6.45) is 7.38. The van der Waals surface area contributed by atoms with Gasteiger partial charge in [0.1, 0.15) is 0 Å². The minimum absolute atomic E-state index is 0.178. The zero-order chi connectivity index (χ0) is 27.1. The van der Waals surface area contributed by atoms with Gasteiger partial charge in [-0.1, -0.05) is 78.7 Å². The van der Waals surface area contributed by atoms with E-state index in [2.05, 4.69) is 12.1 Å². The highest BCUT2D eigenvalue weighted by molar-refractivity contribution is 6.30. The predicted molar refractivity (Wildman–Crippen MR) is 154 cm³/mol. The van der Waals surface area contributed by atoms with Gasteiger partial charge in [0.2, 0.25) is 0 Å². The summed E-state index contributed by atoms with van der Waals surface area (Å²) in [7, 11) is 0. The lowest BCUT2D eigenvalue weighted by Gasteiger charge is -2.20. The number of aryl methyl sites for hydroxylation is 1. The molecule has 0 aliphatic rings. The van der Waals surface area contributed by atoms with E-state index in [0.29, 0.717) is 19.3 Å². The van der Waals surface area contributed by atoms with Crippen LogP contribution in [-0.2, 0) is 24.1 Å². The average molecular weight is 528 g/mol. The van der Waals surface area contributed by atoms with Crippen LogP contribution in [-0.4, -0.2) is 21.8 Å².